The molecule has 3 N–H and O–H groups in total. The lowest BCUT2D eigenvalue weighted by Gasteiger charge is -2.17. The minimum Gasteiger partial charge on any atom is -0.481 e. The van der Waals surface area contributed by atoms with E-state index in [4.69, 9.17) is 45.6 Å². The highest BCUT2D eigenvalue weighted by Crippen LogP contribution is 2.30. The number of carboxylic acids is 1. The first-order valence-electron chi connectivity index (χ1n) is 2.38. The number of hydrogen-bond donors (Lipinski definition) is 2. The highest BCUT2D eigenvalue weighted by molar-refractivity contribution is 6.68. The first-order chi connectivity index (χ1) is 4.34. The standard InChI is InChI=1S/C4H6Cl3NO2/c5-4(6,7)2(8)1-3(9)10/h2H,1,8H2,(H,9,10). The molecule has 3 nitrogen and oxygen atoms in total. The van der Waals surface area contributed by atoms with Crippen LogP contribution in [-0.2, 0) is 4.79 Å². The predicted octanol–water partition coefficient (Wildman–Crippen LogP) is 1.16. The molecule has 0 heterocycles. The van der Waals surface area contributed by atoms with Gasteiger partial charge in [-0.1, -0.05) is 34.8 Å². The van der Waals surface area contributed by atoms with E-state index >= 15 is 0 Å². The second-order valence-electron chi connectivity index (χ2n) is 1.75. The first-order valence-corrected chi connectivity index (χ1v) is 3.51. The molecular weight excluding hydrogens is 200 g/mol. The summed E-state index contributed by atoms with van der Waals surface area (Å²) < 4.78 is -1.70. The molecule has 60 valence electrons. The summed E-state index contributed by atoms with van der Waals surface area (Å²) in [6.45, 7) is 0. The van der Waals surface area contributed by atoms with Crippen LogP contribution in [0.15, 0.2) is 0 Å². The fourth-order valence-electron chi connectivity index (χ4n) is 0.304. The summed E-state index contributed by atoms with van der Waals surface area (Å²) in [5.74, 6) is -1.08. The second-order valence-corrected chi connectivity index (χ2v) is 4.11. The van der Waals surface area contributed by atoms with E-state index in [1.807, 2.05) is 0 Å². The van der Waals surface area contributed by atoms with Crippen molar-refractivity contribution >= 4 is 40.8 Å². The summed E-state index contributed by atoms with van der Waals surface area (Å²) in [4.78, 5) is 10.0. The van der Waals surface area contributed by atoms with Crippen LogP contribution >= 0.6 is 34.8 Å². The summed E-state index contributed by atoms with van der Waals surface area (Å²) >= 11 is 15.8. The zero-order valence-corrected chi connectivity index (χ0v) is 7.12. The largest absolute Gasteiger partial charge is 0.481 e. The first kappa shape index (κ1) is 10.3. The quantitative estimate of drug-likeness (QED) is 0.667. The fraction of sp³-hybridized carbons (Fsp3) is 0.750. The summed E-state index contributed by atoms with van der Waals surface area (Å²) in [7, 11) is 0. The van der Waals surface area contributed by atoms with Crippen molar-refractivity contribution in [2.45, 2.75) is 16.3 Å². The van der Waals surface area contributed by atoms with Crippen LogP contribution in [0, 0.1) is 0 Å². The summed E-state index contributed by atoms with van der Waals surface area (Å²) in [6.07, 6.45) is -0.351. The molecule has 10 heavy (non-hydrogen) atoms. The molecule has 0 amide bonds. The molecule has 0 fully saturated rings. The van der Waals surface area contributed by atoms with Gasteiger partial charge in [-0.05, 0) is 0 Å². The number of hydrogen-bond acceptors (Lipinski definition) is 2. The Kier molecular flexibility index (Phi) is 3.73. The number of nitrogens with two attached hydrogens (primary N) is 1. The van der Waals surface area contributed by atoms with Gasteiger partial charge in [0.15, 0.2) is 0 Å². The fourth-order valence-corrected chi connectivity index (χ4v) is 0.535. The maximum absolute atomic E-state index is 10.0. The van der Waals surface area contributed by atoms with Crippen LogP contribution in [0.2, 0.25) is 0 Å². The number of alkyl halides is 3. The van der Waals surface area contributed by atoms with Crippen molar-refractivity contribution in [1.82, 2.24) is 0 Å². The van der Waals surface area contributed by atoms with E-state index in [-0.39, 0.29) is 6.42 Å². The molecule has 0 saturated carbocycles. The van der Waals surface area contributed by atoms with Gasteiger partial charge in [0.2, 0.25) is 3.79 Å². The predicted molar refractivity (Wildman–Crippen MR) is 40.5 cm³/mol. The van der Waals surface area contributed by atoms with Gasteiger partial charge in [0.1, 0.15) is 0 Å². The summed E-state index contributed by atoms with van der Waals surface area (Å²) in [6, 6.07) is -0.963. The third kappa shape index (κ3) is 4.17. The van der Waals surface area contributed by atoms with Gasteiger partial charge < -0.3 is 10.8 Å². The van der Waals surface area contributed by atoms with E-state index in [9.17, 15) is 4.79 Å². The summed E-state index contributed by atoms with van der Waals surface area (Å²) in [5, 5.41) is 8.19. The van der Waals surface area contributed by atoms with Crippen molar-refractivity contribution in [3.8, 4) is 0 Å². The molecule has 0 aliphatic carbocycles. The van der Waals surface area contributed by atoms with E-state index < -0.39 is 15.8 Å². The Hall–Kier alpha value is 0.300. The lowest BCUT2D eigenvalue weighted by atomic mass is 10.2. The van der Waals surface area contributed by atoms with Crippen molar-refractivity contribution in [3.63, 3.8) is 0 Å². The Balaban J connectivity index is 3.85. The highest BCUT2D eigenvalue weighted by atomic mass is 35.6. The summed E-state index contributed by atoms with van der Waals surface area (Å²) in [5.41, 5.74) is 5.18. The van der Waals surface area contributed by atoms with Crippen molar-refractivity contribution in [3.05, 3.63) is 0 Å². The Morgan fingerprint density at radius 3 is 2.10 bits per heavy atom. The van der Waals surface area contributed by atoms with Crippen LogP contribution in [0.4, 0.5) is 0 Å². The topological polar surface area (TPSA) is 63.3 Å². The molecule has 0 bridgehead atoms. The van der Waals surface area contributed by atoms with E-state index in [0.717, 1.165) is 0 Å². The molecule has 6 heteroatoms. The van der Waals surface area contributed by atoms with Gasteiger partial charge in [0.05, 0.1) is 12.5 Å². The molecule has 0 aliphatic rings. The van der Waals surface area contributed by atoms with Gasteiger partial charge in [-0.2, -0.15) is 0 Å². The van der Waals surface area contributed by atoms with E-state index in [0.29, 0.717) is 0 Å². The molecule has 0 aromatic rings. The number of rotatable bonds is 2. The minimum atomic E-state index is -1.70. The van der Waals surface area contributed by atoms with Crippen LogP contribution < -0.4 is 5.73 Å². The maximum atomic E-state index is 10.0. The smallest absolute Gasteiger partial charge is 0.305 e. The minimum absolute atomic E-state index is 0.351. The second kappa shape index (κ2) is 3.62. The molecule has 0 rings (SSSR count). The Morgan fingerprint density at radius 2 is 2.00 bits per heavy atom. The van der Waals surface area contributed by atoms with Crippen LogP contribution in [0.5, 0.6) is 0 Å². The van der Waals surface area contributed by atoms with Crippen LogP contribution in [0.1, 0.15) is 6.42 Å². The Labute approximate surface area is 73.0 Å². The molecule has 0 spiro atoms. The normalized spacial score (nSPS) is 14.8. The van der Waals surface area contributed by atoms with Crippen molar-refractivity contribution < 1.29 is 9.90 Å². The molecule has 0 saturated heterocycles. The van der Waals surface area contributed by atoms with Crippen LogP contribution in [0.3, 0.4) is 0 Å². The van der Waals surface area contributed by atoms with E-state index in [1.54, 1.807) is 0 Å². The van der Waals surface area contributed by atoms with Gasteiger partial charge in [0.25, 0.3) is 0 Å². The van der Waals surface area contributed by atoms with Gasteiger partial charge in [-0.25, -0.2) is 0 Å². The third-order valence-electron chi connectivity index (χ3n) is 0.815. The third-order valence-corrected chi connectivity index (χ3v) is 1.66. The zero-order valence-electron chi connectivity index (χ0n) is 4.85. The van der Waals surface area contributed by atoms with E-state index in [1.165, 1.54) is 0 Å². The molecule has 1 unspecified atom stereocenters. The lowest BCUT2D eigenvalue weighted by Crippen LogP contribution is -2.36. The number of aliphatic carboxylic acids is 1. The van der Waals surface area contributed by atoms with Crippen molar-refractivity contribution in [2.75, 3.05) is 0 Å². The van der Waals surface area contributed by atoms with Gasteiger partial charge in [-0.3, -0.25) is 4.79 Å². The van der Waals surface area contributed by atoms with Crippen LogP contribution in [-0.4, -0.2) is 20.9 Å². The van der Waals surface area contributed by atoms with Crippen LogP contribution in [0.25, 0.3) is 0 Å². The maximum Gasteiger partial charge on any atom is 0.305 e. The number of carbonyl (C=O) groups is 1. The SMILES string of the molecule is NC(CC(=O)O)C(Cl)(Cl)Cl. The lowest BCUT2D eigenvalue weighted by molar-refractivity contribution is -0.137. The van der Waals surface area contributed by atoms with Gasteiger partial charge >= 0.3 is 5.97 Å². The number of halogens is 3. The van der Waals surface area contributed by atoms with Gasteiger partial charge in [-0.15, -0.1) is 0 Å². The Bertz CT molecular complexity index is 133. The monoisotopic (exact) mass is 205 g/mol. The van der Waals surface area contributed by atoms with Gasteiger partial charge in [0, 0.05) is 0 Å². The number of carboxylic acid groups (broad SMARTS) is 1. The average molecular weight is 206 g/mol. The molecular formula is C4H6Cl3NO2. The zero-order chi connectivity index (χ0) is 8.36. The highest BCUT2D eigenvalue weighted by Gasteiger charge is 2.30. The molecule has 0 radical (unpaired) electrons. The molecule has 0 aliphatic heterocycles. The van der Waals surface area contributed by atoms with Crippen molar-refractivity contribution in [2.24, 2.45) is 5.73 Å². The molecule has 0 aromatic heterocycles. The Morgan fingerprint density at radius 1 is 1.60 bits per heavy atom. The van der Waals surface area contributed by atoms with Crippen molar-refractivity contribution in [1.29, 1.82) is 0 Å². The average Bonchev–Trinajstić information content (AvgIpc) is 1.60. The molecule has 1 atom stereocenters. The van der Waals surface area contributed by atoms with E-state index in [2.05, 4.69) is 0 Å². The molecule has 0 aromatic carbocycles.